The van der Waals surface area contributed by atoms with Gasteiger partial charge in [0.05, 0.1) is 5.41 Å². The van der Waals surface area contributed by atoms with Crippen molar-refractivity contribution in [3.05, 3.63) is 35.9 Å². The van der Waals surface area contributed by atoms with Gasteiger partial charge < -0.3 is 15.5 Å². The molecular weight excluding hydrogens is 288 g/mol. The minimum atomic E-state index is -0.284. The molecule has 2 rings (SSSR count). The van der Waals surface area contributed by atoms with Crippen LogP contribution >= 0.6 is 0 Å². The molecular formula is C18H28N4O. The van der Waals surface area contributed by atoms with E-state index in [1.54, 1.807) is 11.9 Å². The molecule has 5 heteroatoms. The Kier molecular flexibility index (Phi) is 6.02. The Morgan fingerprint density at radius 3 is 2.39 bits per heavy atom. The second-order valence-corrected chi connectivity index (χ2v) is 6.45. The number of aliphatic imine (C=N–C) groups is 1. The highest BCUT2D eigenvalue weighted by atomic mass is 16.2. The number of amides is 1. The van der Waals surface area contributed by atoms with Crippen molar-refractivity contribution in [2.75, 3.05) is 27.7 Å². The van der Waals surface area contributed by atoms with E-state index in [-0.39, 0.29) is 11.3 Å². The second-order valence-electron chi connectivity index (χ2n) is 6.45. The summed E-state index contributed by atoms with van der Waals surface area (Å²) in [6.07, 6.45) is 4.15. The van der Waals surface area contributed by atoms with Gasteiger partial charge in [-0.05, 0) is 18.4 Å². The van der Waals surface area contributed by atoms with Gasteiger partial charge in [-0.25, -0.2) is 0 Å². The van der Waals surface area contributed by atoms with E-state index in [0.29, 0.717) is 6.54 Å². The van der Waals surface area contributed by atoms with Crippen LogP contribution in [0.15, 0.2) is 35.3 Å². The summed E-state index contributed by atoms with van der Waals surface area (Å²) in [5.41, 5.74) is 0.920. The molecule has 0 bridgehead atoms. The third kappa shape index (κ3) is 4.47. The van der Waals surface area contributed by atoms with Crippen molar-refractivity contribution >= 4 is 11.9 Å². The Morgan fingerprint density at radius 1 is 1.17 bits per heavy atom. The van der Waals surface area contributed by atoms with Crippen molar-refractivity contribution in [3.63, 3.8) is 0 Å². The van der Waals surface area contributed by atoms with E-state index in [4.69, 9.17) is 0 Å². The van der Waals surface area contributed by atoms with Gasteiger partial charge in [-0.1, -0.05) is 43.2 Å². The summed E-state index contributed by atoms with van der Waals surface area (Å²) < 4.78 is 0. The molecule has 0 aromatic heterocycles. The summed E-state index contributed by atoms with van der Waals surface area (Å²) in [5, 5.41) is 6.66. The van der Waals surface area contributed by atoms with Crippen LogP contribution in [0.25, 0.3) is 0 Å². The van der Waals surface area contributed by atoms with Crippen LogP contribution in [-0.4, -0.2) is 44.5 Å². The monoisotopic (exact) mass is 316 g/mol. The van der Waals surface area contributed by atoms with Crippen molar-refractivity contribution in [2.45, 2.75) is 32.2 Å². The van der Waals surface area contributed by atoms with E-state index < -0.39 is 0 Å². The molecule has 1 aliphatic rings. The number of carbonyl (C=O) groups is 1. The van der Waals surface area contributed by atoms with E-state index in [1.165, 1.54) is 5.56 Å². The maximum Gasteiger partial charge on any atom is 0.230 e. The smallest absolute Gasteiger partial charge is 0.230 e. The first-order valence-electron chi connectivity index (χ1n) is 8.27. The molecule has 1 aromatic rings. The lowest BCUT2D eigenvalue weighted by molar-refractivity contribution is -0.138. The van der Waals surface area contributed by atoms with Gasteiger partial charge in [0.15, 0.2) is 5.96 Å². The van der Waals surface area contributed by atoms with E-state index in [1.807, 2.05) is 32.3 Å². The molecule has 0 aliphatic heterocycles. The number of nitrogens with zero attached hydrogens (tertiary/aromatic N) is 2. The maximum atomic E-state index is 12.6. The molecule has 2 N–H and O–H groups in total. The summed E-state index contributed by atoms with van der Waals surface area (Å²) in [6.45, 7) is 1.35. The molecule has 0 unspecified atom stereocenters. The van der Waals surface area contributed by atoms with Crippen LogP contribution in [0, 0.1) is 5.41 Å². The van der Waals surface area contributed by atoms with Crippen LogP contribution in [0.5, 0.6) is 0 Å². The average molecular weight is 316 g/mol. The summed E-state index contributed by atoms with van der Waals surface area (Å²) in [6, 6.07) is 10.2. The minimum absolute atomic E-state index is 0.223. The molecule has 0 saturated heterocycles. The zero-order valence-corrected chi connectivity index (χ0v) is 14.4. The molecule has 0 spiro atoms. The van der Waals surface area contributed by atoms with Gasteiger partial charge in [0.2, 0.25) is 5.91 Å². The molecule has 0 atom stereocenters. The highest BCUT2D eigenvalue weighted by molar-refractivity contribution is 5.85. The summed E-state index contributed by atoms with van der Waals surface area (Å²) >= 11 is 0. The third-order valence-electron chi connectivity index (χ3n) is 4.54. The SMILES string of the molecule is CN=C(NCc1ccccc1)NCC1(C(=O)N(C)C)CCCC1. The number of carbonyl (C=O) groups excluding carboxylic acids is 1. The lowest BCUT2D eigenvalue weighted by Gasteiger charge is -2.31. The van der Waals surface area contributed by atoms with Crippen LogP contribution in [0.3, 0.4) is 0 Å². The number of rotatable bonds is 5. The summed E-state index contributed by atoms with van der Waals surface area (Å²) in [7, 11) is 5.44. The van der Waals surface area contributed by atoms with Crippen LogP contribution in [-0.2, 0) is 11.3 Å². The molecule has 5 nitrogen and oxygen atoms in total. The molecule has 126 valence electrons. The van der Waals surface area contributed by atoms with Gasteiger partial charge in [-0.3, -0.25) is 9.79 Å². The van der Waals surface area contributed by atoms with E-state index in [0.717, 1.165) is 38.2 Å². The summed E-state index contributed by atoms with van der Waals surface area (Å²) in [5.74, 6) is 0.965. The van der Waals surface area contributed by atoms with Crippen LogP contribution in [0.1, 0.15) is 31.2 Å². The van der Waals surface area contributed by atoms with Crippen LogP contribution < -0.4 is 10.6 Å². The quantitative estimate of drug-likeness (QED) is 0.645. The first kappa shape index (κ1) is 17.3. The number of nitrogens with one attached hydrogen (secondary N) is 2. The Labute approximate surface area is 139 Å². The van der Waals surface area contributed by atoms with Gasteiger partial charge in [0.1, 0.15) is 0 Å². The molecule has 23 heavy (non-hydrogen) atoms. The lowest BCUT2D eigenvalue weighted by Crippen LogP contribution is -2.49. The van der Waals surface area contributed by atoms with Gasteiger partial charge in [0.25, 0.3) is 0 Å². The van der Waals surface area contributed by atoms with Crippen molar-refractivity contribution < 1.29 is 4.79 Å². The van der Waals surface area contributed by atoms with Crippen molar-refractivity contribution in [1.82, 2.24) is 15.5 Å². The van der Waals surface area contributed by atoms with Gasteiger partial charge in [0, 0.05) is 34.2 Å². The zero-order chi connectivity index (χ0) is 16.7. The van der Waals surface area contributed by atoms with E-state index in [2.05, 4.69) is 27.8 Å². The minimum Gasteiger partial charge on any atom is -0.355 e. The fourth-order valence-corrected chi connectivity index (χ4v) is 3.25. The Hall–Kier alpha value is -2.04. The molecule has 0 radical (unpaired) electrons. The van der Waals surface area contributed by atoms with Gasteiger partial charge >= 0.3 is 0 Å². The summed E-state index contributed by atoms with van der Waals surface area (Å²) in [4.78, 5) is 18.6. The van der Waals surface area contributed by atoms with Crippen LogP contribution in [0.4, 0.5) is 0 Å². The van der Waals surface area contributed by atoms with E-state index in [9.17, 15) is 4.79 Å². The lowest BCUT2D eigenvalue weighted by atomic mass is 9.84. The number of hydrogen-bond acceptors (Lipinski definition) is 2. The first-order chi connectivity index (χ1) is 11.1. The van der Waals surface area contributed by atoms with Crippen LogP contribution in [0.2, 0.25) is 0 Å². The Morgan fingerprint density at radius 2 is 1.83 bits per heavy atom. The highest BCUT2D eigenvalue weighted by Crippen LogP contribution is 2.38. The Balaban J connectivity index is 1.92. The number of hydrogen-bond donors (Lipinski definition) is 2. The fraction of sp³-hybridized carbons (Fsp3) is 0.556. The molecule has 1 fully saturated rings. The van der Waals surface area contributed by atoms with Crippen molar-refractivity contribution in [1.29, 1.82) is 0 Å². The number of guanidine groups is 1. The maximum absolute atomic E-state index is 12.6. The molecule has 1 saturated carbocycles. The fourth-order valence-electron chi connectivity index (χ4n) is 3.25. The predicted molar refractivity (Wildman–Crippen MR) is 94.2 cm³/mol. The second kappa shape index (κ2) is 7.99. The molecule has 1 aliphatic carbocycles. The predicted octanol–water partition coefficient (Wildman–Crippen LogP) is 2.00. The zero-order valence-electron chi connectivity index (χ0n) is 14.4. The third-order valence-corrected chi connectivity index (χ3v) is 4.54. The molecule has 1 aromatic carbocycles. The van der Waals surface area contributed by atoms with Crippen molar-refractivity contribution in [3.8, 4) is 0 Å². The number of benzene rings is 1. The normalized spacial score (nSPS) is 16.9. The van der Waals surface area contributed by atoms with Gasteiger partial charge in [-0.15, -0.1) is 0 Å². The standard InChI is InChI=1S/C18H28N4O/c1-19-17(20-13-15-9-5-4-6-10-15)21-14-18(11-7-8-12-18)16(23)22(2)3/h4-6,9-10H,7-8,11-14H2,1-3H3,(H2,19,20,21). The molecule has 0 heterocycles. The first-order valence-corrected chi connectivity index (χ1v) is 8.27. The van der Waals surface area contributed by atoms with Crippen molar-refractivity contribution in [2.24, 2.45) is 10.4 Å². The molecule has 1 amide bonds. The van der Waals surface area contributed by atoms with Gasteiger partial charge in [-0.2, -0.15) is 0 Å². The highest BCUT2D eigenvalue weighted by Gasteiger charge is 2.42. The van der Waals surface area contributed by atoms with E-state index >= 15 is 0 Å². The average Bonchev–Trinajstić information content (AvgIpc) is 3.05. The largest absolute Gasteiger partial charge is 0.355 e. The Bertz CT molecular complexity index is 533. The topological polar surface area (TPSA) is 56.7 Å².